The first kappa shape index (κ1) is 9.92. The van der Waals surface area contributed by atoms with E-state index in [1.165, 1.54) is 13.2 Å². The molecule has 0 unspecified atom stereocenters. The van der Waals surface area contributed by atoms with Gasteiger partial charge < -0.3 is 10.1 Å². The molecule has 1 rings (SSSR count). The Labute approximate surface area is 75.5 Å². The van der Waals surface area contributed by atoms with Crippen LogP contribution in [-0.4, -0.2) is 14.2 Å². The number of rotatable bonds is 3. The molecule has 0 aliphatic heterocycles. The number of benzene rings is 1. The van der Waals surface area contributed by atoms with Crippen molar-refractivity contribution in [1.29, 1.82) is 0 Å². The first-order valence-corrected chi connectivity index (χ1v) is 3.86. The molecule has 1 aromatic carbocycles. The van der Waals surface area contributed by atoms with Gasteiger partial charge in [0, 0.05) is 12.1 Å². The Morgan fingerprint density at radius 3 is 2.62 bits per heavy atom. The molecule has 0 amide bonds. The Balaban J connectivity index is 3.15. The van der Waals surface area contributed by atoms with E-state index in [4.69, 9.17) is 4.74 Å². The van der Waals surface area contributed by atoms with Gasteiger partial charge in [0.2, 0.25) is 0 Å². The zero-order chi connectivity index (χ0) is 9.84. The lowest BCUT2D eigenvalue weighted by atomic mass is 10.2. The predicted molar refractivity (Wildman–Crippen MR) is 45.7 cm³/mol. The molecule has 1 aromatic rings. The van der Waals surface area contributed by atoms with Crippen molar-refractivity contribution in [3.63, 3.8) is 0 Å². The maximum absolute atomic E-state index is 13.1. The highest BCUT2D eigenvalue weighted by Crippen LogP contribution is 2.23. The summed E-state index contributed by atoms with van der Waals surface area (Å²) < 4.78 is 30.8. The second kappa shape index (κ2) is 4.18. The van der Waals surface area contributed by atoms with Crippen molar-refractivity contribution in [3.8, 4) is 5.75 Å². The van der Waals surface area contributed by atoms with E-state index in [0.717, 1.165) is 6.07 Å². The first-order chi connectivity index (χ1) is 6.20. The van der Waals surface area contributed by atoms with Gasteiger partial charge in [0.05, 0.1) is 7.11 Å². The number of methoxy groups -OCH3 is 1. The average Bonchev–Trinajstić information content (AvgIpc) is 2.14. The summed E-state index contributed by atoms with van der Waals surface area (Å²) in [7, 11) is 3.08. The van der Waals surface area contributed by atoms with Crippen LogP contribution in [0.2, 0.25) is 0 Å². The van der Waals surface area contributed by atoms with Crippen LogP contribution in [0, 0.1) is 11.6 Å². The normalized spacial score (nSPS) is 10.2. The van der Waals surface area contributed by atoms with Gasteiger partial charge in [-0.3, -0.25) is 0 Å². The second-order valence-corrected chi connectivity index (χ2v) is 2.57. The second-order valence-electron chi connectivity index (χ2n) is 2.57. The monoisotopic (exact) mass is 187 g/mol. The van der Waals surface area contributed by atoms with E-state index in [0.29, 0.717) is 5.75 Å². The molecule has 72 valence electrons. The molecule has 0 spiro atoms. The zero-order valence-corrected chi connectivity index (χ0v) is 7.53. The average molecular weight is 187 g/mol. The quantitative estimate of drug-likeness (QED) is 0.777. The van der Waals surface area contributed by atoms with Crippen LogP contribution >= 0.6 is 0 Å². The first-order valence-electron chi connectivity index (χ1n) is 3.86. The van der Waals surface area contributed by atoms with Crippen LogP contribution in [0.5, 0.6) is 5.75 Å². The van der Waals surface area contributed by atoms with E-state index in [2.05, 4.69) is 5.32 Å². The van der Waals surface area contributed by atoms with Gasteiger partial charge in [-0.25, -0.2) is 8.78 Å². The summed E-state index contributed by atoms with van der Waals surface area (Å²) >= 11 is 0. The molecule has 1 N–H and O–H groups in total. The van der Waals surface area contributed by atoms with Crippen molar-refractivity contribution in [3.05, 3.63) is 29.3 Å². The van der Waals surface area contributed by atoms with Crippen LogP contribution in [0.4, 0.5) is 8.78 Å². The topological polar surface area (TPSA) is 21.3 Å². The Morgan fingerprint density at radius 2 is 2.08 bits per heavy atom. The molecule has 0 saturated heterocycles. The number of nitrogens with one attached hydrogen (secondary N) is 1. The van der Waals surface area contributed by atoms with E-state index in [-0.39, 0.29) is 12.1 Å². The highest BCUT2D eigenvalue weighted by molar-refractivity contribution is 5.35. The Bertz CT molecular complexity index is 302. The summed E-state index contributed by atoms with van der Waals surface area (Å²) in [6, 6.07) is 2.46. The van der Waals surface area contributed by atoms with Crippen LogP contribution in [-0.2, 0) is 6.54 Å². The van der Waals surface area contributed by atoms with Crippen LogP contribution in [0.3, 0.4) is 0 Å². The summed E-state index contributed by atoms with van der Waals surface area (Å²) in [6.07, 6.45) is 0. The number of halogens is 2. The molecule has 0 atom stereocenters. The number of hydrogen-bond acceptors (Lipinski definition) is 2. The van der Waals surface area contributed by atoms with Crippen molar-refractivity contribution in [2.75, 3.05) is 14.2 Å². The minimum absolute atomic E-state index is 0.213. The number of hydrogen-bond donors (Lipinski definition) is 1. The molecule has 0 aliphatic rings. The third-order valence-corrected chi connectivity index (χ3v) is 1.73. The minimum atomic E-state index is -0.856. The van der Waals surface area contributed by atoms with Gasteiger partial charge in [-0.05, 0) is 19.2 Å². The lowest BCUT2D eigenvalue weighted by Gasteiger charge is -2.08. The maximum atomic E-state index is 13.1. The Kier molecular flexibility index (Phi) is 3.19. The fourth-order valence-corrected chi connectivity index (χ4v) is 1.11. The minimum Gasteiger partial charge on any atom is -0.496 e. The van der Waals surface area contributed by atoms with Crippen molar-refractivity contribution in [2.24, 2.45) is 0 Å². The smallest absolute Gasteiger partial charge is 0.167 e. The largest absolute Gasteiger partial charge is 0.496 e. The zero-order valence-electron chi connectivity index (χ0n) is 7.53. The molecule has 2 nitrogen and oxygen atoms in total. The molecular weight excluding hydrogens is 176 g/mol. The molecular formula is C9H11F2NO. The van der Waals surface area contributed by atoms with E-state index >= 15 is 0 Å². The lowest BCUT2D eigenvalue weighted by molar-refractivity contribution is 0.396. The summed E-state index contributed by atoms with van der Waals surface area (Å²) in [5.74, 6) is -1.35. The molecule has 0 aromatic heterocycles. The Hall–Kier alpha value is -1.16. The fourth-order valence-electron chi connectivity index (χ4n) is 1.11. The molecule has 4 heteroatoms. The van der Waals surface area contributed by atoms with Gasteiger partial charge in [0.1, 0.15) is 5.75 Å². The summed E-state index contributed by atoms with van der Waals surface area (Å²) in [5, 5.41) is 2.74. The van der Waals surface area contributed by atoms with Gasteiger partial charge in [0.15, 0.2) is 11.6 Å². The molecule has 13 heavy (non-hydrogen) atoms. The third-order valence-electron chi connectivity index (χ3n) is 1.73. The number of ether oxygens (including phenoxy) is 1. The van der Waals surface area contributed by atoms with Gasteiger partial charge in [-0.1, -0.05) is 0 Å². The van der Waals surface area contributed by atoms with E-state index < -0.39 is 11.6 Å². The summed E-state index contributed by atoms with van der Waals surface area (Å²) in [5.41, 5.74) is 0.213. The standard InChI is InChI=1S/C9H11F2NO/c1-12-5-6-8(13-2)4-3-7(10)9(6)11/h3-4,12H,5H2,1-2H3. The van der Waals surface area contributed by atoms with Gasteiger partial charge in [-0.2, -0.15) is 0 Å². The van der Waals surface area contributed by atoms with Crippen LogP contribution < -0.4 is 10.1 Å². The molecule has 0 fully saturated rings. The van der Waals surface area contributed by atoms with Crippen LogP contribution in [0.1, 0.15) is 5.56 Å². The van der Waals surface area contributed by atoms with Gasteiger partial charge in [0.25, 0.3) is 0 Å². The molecule has 0 radical (unpaired) electrons. The predicted octanol–water partition coefficient (Wildman–Crippen LogP) is 1.69. The van der Waals surface area contributed by atoms with Crippen molar-refractivity contribution in [2.45, 2.75) is 6.54 Å². The summed E-state index contributed by atoms with van der Waals surface area (Å²) in [4.78, 5) is 0. The molecule has 0 aliphatic carbocycles. The van der Waals surface area contributed by atoms with E-state index in [1.54, 1.807) is 7.05 Å². The molecule has 0 heterocycles. The van der Waals surface area contributed by atoms with Crippen LogP contribution in [0.15, 0.2) is 12.1 Å². The summed E-state index contributed by atoms with van der Waals surface area (Å²) in [6.45, 7) is 0.243. The molecule has 0 saturated carbocycles. The highest BCUT2D eigenvalue weighted by Gasteiger charge is 2.12. The third kappa shape index (κ3) is 1.95. The maximum Gasteiger partial charge on any atom is 0.167 e. The van der Waals surface area contributed by atoms with Crippen molar-refractivity contribution in [1.82, 2.24) is 5.32 Å². The fraction of sp³-hybridized carbons (Fsp3) is 0.333. The molecule has 0 bridgehead atoms. The van der Waals surface area contributed by atoms with E-state index in [1.807, 2.05) is 0 Å². The van der Waals surface area contributed by atoms with Gasteiger partial charge in [-0.15, -0.1) is 0 Å². The SMILES string of the molecule is CNCc1c(OC)ccc(F)c1F. The van der Waals surface area contributed by atoms with Crippen molar-refractivity contribution >= 4 is 0 Å². The lowest BCUT2D eigenvalue weighted by Crippen LogP contribution is -2.09. The van der Waals surface area contributed by atoms with E-state index in [9.17, 15) is 8.78 Å². The Morgan fingerprint density at radius 1 is 1.38 bits per heavy atom. The van der Waals surface area contributed by atoms with Crippen LogP contribution in [0.25, 0.3) is 0 Å². The highest BCUT2D eigenvalue weighted by atomic mass is 19.2. The van der Waals surface area contributed by atoms with Gasteiger partial charge >= 0.3 is 0 Å². The van der Waals surface area contributed by atoms with Crippen molar-refractivity contribution < 1.29 is 13.5 Å².